The summed E-state index contributed by atoms with van der Waals surface area (Å²) in [5.41, 5.74) is 3.04. The van der Waals surface area contributed by atoms with Crippen LogP contribution in [0.3, 0.4) is 0 Å². The first-order chi connectivity index (χ1) is 10.2. The van der Waals surface area contributed by atoms with Crippen molar-refractivity contribution in [3.05, 3.63) is 35.4 Å². The molecule has 0 radical (unpaired) electrons. The lowest BCUT2D eigenvalue weighted by Crippen LogP contribution is -2.47. The number of thioether (sulfide) groups is 1. The van der Waals surface area contributed by atoms with Gasteiger partial charge in [0.15, 0.2) is 5.17 Å². The van der Waals surface area contributed by atoms with Crippen molar-refractivity contribution in [2.75, 3.05) is 5.75 Å². The minimum Gasteiger partial charge on any atom is -0.359 e. The molecule has 1 aliphatic carbocycles. The monoisotopic (exact) mass is 302 g/mol. The number of amidine groups is 1. The summed E-state index contributed by atoms with van der Waals surface area (Å²) in [5.74, 6) is 2.05. The van der Waals surface area contributed by atoms with Crippen LogP contribution in [0.1, 0.15) is 50.7 Å². The Hall–Kier alpha value is -0.960. The molecule has 1 heterocycles. The quantitative estimate of drug-likeness (QED) is 0.895. The fourth-order valence-corrected chi connectivity index (χ4v) is 4.73. The van der Waals surface area contributed by atoms with Gasteiger partial charge in [0.2, 0.25) is 0 Å². The van der Waals surface area contributed by atoms with Crippen LogP contribution in [0.2, 0.25) is 0 Å². The van der Waals surface area contributed by atoms with E-state index in [-0.39, 0.29) is 0 Å². The normalized spacial score (nSPS) is 30.8. The molecule has 1 N–H and O–H groups in total. The third-order valence-electron chi connectivity index (χ3n) is 4.79. The zero-order valence-electron chi connectivity index (χ0n) is 13.2. The van der Waals surface area contributed by atoms with Crippen LogP contribution in [0.5, 0.6) is 0 Å². The minimum atomic E-state index is 0.341. The van der Waals surface area contributed by atoms with E-state index >= 15 is 0 Å². The lowest BCUT2D eigenvalue weighted by atomic mass is 9.78. The summed E-state index contributed by atoms with van der Waals surface area (Å²) in [6.45, 7) is 5.38. The lowest BCUT2D eigenvalue weighted by Gasteiger charge is -2.36. The summed E-state index contributed by atoms with van der Waals surface area (Å²) in [6.07, 6.45) is 6.48. The minimum absolute atomic E-state index is 0.341. The van der Waals surface area contributed by atoms with Crippen LogP contribution in [0, 0.1) is 5.92 Å². The SMILES string of the molecule is CCc1ccc(CN=C2NC3(CCCC(C)C3)CS2)cc1. The molecule has 2 unspecified atom stereocenters. The van der Waals surface area contributed by atoms with Crippen molar-refractivity contribution >= 4 is 16.9 Å². The van der Waals surface area contributed by atoms with Crippen molar-refractivity contribution in [3.63, 3.8) is 0 Å². The first kappa shape index (κ1) is 15.0. The Morgan fingerprint density at radius 3 is 2.76 bits per heavy atom. The third-order valence-corrected chi connectivity index (χ3v) is 5.99. The molecule has 2 fully saturated rings. The highest BCUT2D eigenvalue weighted by Gasteiger charge is 2.40. The maximum atomic E-state index is 4.79. The molecule has 2 atom stereocenters. The summed E-state index contributed by atoms with van der Waals surface area (Å²) < 4.78 is 0. The van der Waals surface area contributed by atoms with Gasteiger partial charge in [-0.2, -0.15) is 0 Å². The number of hydrogen-bond acceptors (Lipinski definition) is 2. The van der Waals surface area contributed by atoms with E-state index in [4.69, 9.17) is 4.99 Å². The number of rotatable bonds is 3. The predicted molar refractivity (Wildman–Crippen MR) is 92.9 cm³/mol. The van der Waals surface area contributed by atoms with E-state index < -0.39 is 0 Å². The van der Waals surface area contributed by atoms with Crippen LogP contribution in [-0.4, -0.2) is 16.5 Å². The Labute approximate surface area is 132 Å². The van der Waals surface area contributed by atoms with Gasteiger partial charge in [-0.1, -0.05) is 62.7 Å². The molecule has 1 aliphatic heterocycles. The van der Waals surface area contributed by atoms with Crippen LogP contribution in [-0.2, 0) is 13.0 Å². The molecule has 2 nitrogen and oxygen atoms in total. The molecule has 1 aromatic rings. The van der Waals surface area contributed by atoms with E-state index in [1.807, 2.05) is 11.8 Å². The first-order valence-electron chi connectivity index (χ1n) is 8.22. The highest BCUT2D eigenvalue weighted by molar-refractivity contribution is 8.14. The Kier molecular flexibility index (Phi) is 4.58. The van der Waals surface area contributed by atoms with E-state index in [2.05, 4.69) is 43.4 Å². The largest absolute Gasteiger partial charge is 0.359 e. The predicted octanol–water partition coefficient (Wildman–Crippen LogP) is 4.39. The van der Waals surface area contributed by atoms with E-state index in [1.165, 1.54) is 42.6 Å². The van der Waals surface area contributed by atoms with Crippen LogP contribution < -0.4 is 5.32 Å². The topological polar surface area (TPSA) is 24.4 Å². The maximum Gasteiger partial charge on any atom is 0.157 e. The molecule has 0 aromatic heterocycles. The number of benzene rings is 1. The van der Waals surface area contributed by atoms with Gasteiger partial charge >= 0.3 is 0 Å². The number of aliphatic imine (C=N–C) groups is 1. The van der Waals surface area contributed by atoms with Gasteiger partial charge in [-0.25, -0.2) is 0 Å². The van der Waals surface area contributed by atoms with Crippen LogP contribution >= 0.6 is 11.8 Å². The van der Waals surface area contributed by atoms with Gasteiger partial charge in [0.25, 0.3) is 0 Å². The van der Waals surface area contributed by atoms with E-state index in [9.17, 15) is 0 Å². The van der Waals surface area contributed by atoms with Crippen molar-refractivity contribution in [2.45, 2.75) is 58.0 Å². The second kappa shape index (κ2) is 6.43. The van der Waals surface area contributed by atoms with Gasteiger partial charge in [0.1, 0.15) is 0 Å². The number of nitrogens with one attached hydrogen (secondary N) is 1. The van der Waals surface area contributed by atoms with Gasteiger partial charge < -0.3 is 5.32 Å². The van der Waals surface area contributed by atoms with E-state index in [0.29, 0.717) is 5.54 Å². The molecule has 3 rings (SSSR count). The van der Waals surface area contributed by atoms with Crippen molar-refractivity contribution in [3.8, 4) is 0 Å². The fraction of sp³-hybridized carbons (Fsp3) is 0.611. The van der Waals surface area contributed by atoms with Gasteiger partial charge in [0.05, 0.1) is 6.54 Å². The Morgan fingerprint density at radius 1 is 1.29 bits per heavy atom. The smallest absolute Gasteiger partial charge is 0.157 e. The van der Waals surface area contributed by atoms with Crippen molar-refractivity contribution < 1.29 is 0 Å². The summed E-state index contributed by atoms with van der Waals surface area (Å²) in [5, 5.41) is 4.90. The lowest BCUT2D eigenvalue weighted by molar-refractivity contribution is 0.242. The first-order valence-corrected chi connectivity index (χ1v) is 9.21. The number of nitrogens with zero attached hydrogens (tertiary/aromatic N) is 1. The molecular weight excluding hydrogens is 276 g/mol. The molecule has 1 saturated carbocycles. The molecule has 1 aromatic carbocycles. The molecule has 21 heavy (non-hydrogen) atoms. The highest BCUT2D eigenvalue weighted by Crippen LogP contribution is 2.38. The molecule has 2 aliphatic rings. The summed E-state index contributed by atoms with van der Waals surface area (Å²) in [4.78, 5) is 4.79. The molecule has 1 saturated heterocycles. The number of aryl methyl sites for hydroxylation is 1. The zero-order chi connectivity index (χ0) is 14.7. The number of hydrogen-bond donors (Lipinski definition) is 1. The van der Waals surface area contributed by atoms with Gasteiger partial charge in [0, 0.05) is 11.3 Å². The maximum absolute atomic E-state index is 4.79. The standard InChI is InChI=1S/C18H26N2S/c1-3-15-6-8-16(9-7-15)12-19-17-20-18(13-21-17)10-4-5-14(2)11-18/h6-9,14H,3-5,10-13H2,1-2H3,(H,19,20). The second-order valence-electron chi connectivity index (χ2n) is 6.69. The Bertz CT molecular complexity index is 508. The molecular formula is C18H26N2S. The summed E-state index contributed by atoms with van der Waals surface area (Å²) in [7, 11) is 0. The molecule has 3 heteroatoms. The second-order valence-corrected chi connectivity index (χ2v) is 7.65. The average Bonchev–Trinajstić information content (AvgIpc) is 2.88. The molecule has 0 bridgehead atoms. The van der Waals surface area contributed by atoms with Gasteiger partial charge in [-0.3, -0.25) is 4.99 Å². The summed E-state index contributed by atoms with van der Waals surface area (Å²) in [6, 6.07) is 8.85. The van der Waals surface area contributed by atoms with Crippen molar-refractivity contribution in [1.29, 1.82) is 0 Å². The van der Waals surface area contributed by atoms with E-state index in [1.54, 1.807) is 0 Å². The van der Waals surface area contributed by atoms with Crippen molar-refractivity contribution in [1.82, 2.24) is 5.32 Å². The Balaban J connectivity index is 1.60. The Morgan fingerprint density at radius 2 is 2.05 bits per heavy atom. The fourth-order valence-electron chi connectivity index (χ4n) is 3.54. The van der Waals surface area contributed by atoms with Crippen LogP contribution in [0.15, 0.2) is 29.3 Å². The third kappa shape index (κ3) is 3.63. The zero-order valence-corrected chi connectivity index (χ0v) is 14.0. The average molecular weight is 302 g/mol. The van der Waals surface area contributed by atoms with Gasteiger partial charge in [-0.05, 0) is 36.3 Å². The van der Waals surface area contributed by atoms with Crippen LogP contribution in [0.25, 0.3) is 0 Å². The van der Waals surface area contributed by atoms with Gasteiger partial charge in [-0.15, -0.1) is 0 Å². The molecule has 114 valence electrons. The molecule has 1 spiro atoms. The molecule has 0 amide bonds. The van der Waals surface area contributed by atoms with Crippen molar-refractivity contribution in [2.24, 2.45) is 10.9 Å². The summed E-state index contributed by atoms with van der Waals surface area (Å²) >= 11 is 1.92. The highest BCUT2D eigenvalue weighted by atomic mass is 32.2. The van der Waals surface area contributed by atoms with Crippen LogP contribution in [0.4, 0.5) is 0 Å². The van der Waals surface area contributed by atoms with E-state index in [0.717, 1.165) is 24.1 Å².